The molecule has 0 saturated heterocycles. The van der Waals surface area contributed by atoms with Crippen LogP contribution in [0.15, 0.2) is 31.8 Å². The van der Waals surface area contributed by atoms with Crippen molar-refractivity contribution in [1.82, 2.24) is 10.5 Å². The fraction of sp³-hybridized carbons (Fsp3) is 0.300. The molecule has 2 aromatic rings. The molecule has 15 heavy (non-hydrogen) atoms. The fourth-order valence-electron chi connectivity index (χ4n) is 1.21. The van der Waals surface area contributed by atoms with Crippen LogP contribution < -0.4 is 5.32 Å². The van der Waals surface area contributed by atoms with Gasteiger partial charge in [0, 0.05) is 12.6 Å². The quantitative estimate of drug-likeness (QED) is 0.928. The molecule has 0 spiro atoms. The second-order valence-electron chi connectivity index (χ2n) is 3.07. The summed E-state index contributed by atoms with van der Waals surface area (Å²) in [7, 11) is 0. The molecule has 2 heterocycles. The predicted octanol–water partition coefficient (Wildman–Crippen LogP) is 2.81. The van der Waals surface area contributed by atoms with E-state index >= 15 is 0 Å². The van der Waals surface area contributed by atoms with E-state index in [2.05, 4.69) is 26.4 Å². The number of hydrogen-bond donors (Lipinski definition) is 1. The van der Waals surface area contributed by atoms with Gasteiger partial charge >= 0.3 is 0 Å². The van der Waals surface area contributed by atoms with E-state index in [9.17, 15) is 0 Å². The van der Waals surface area contributed by atoms with E-state index in [0.717, 1.165) is 12.2 Å². The summed E-state index contributed by atoms with van der Waals surface area (Å²) in [6.45, 7) is 3.67. The van der Waals surface area contributed by atoms with E-state index in [4.69, 9.17) is 8.94 Å². The molecule has 0 atom stereocenters. The largest absolute Gasteiger partial charge is 0.446 e. The van der Waals surface area contributed by atoms with Gasteiger partial charge in [-0.25, -0.2) is 0 Å². The van der Waals surface area contributed by atoms with Gasteiger partial charge in [-0.05, 0) is 34.6 Å². The molecule has 0 saturated carbocycles. The third kappa shape index (κ3) is 2.49. The molecule has 0 aliphatic rings. The summed E-state index contributed by atoms with van der Waals surface area (Å²) in [5.41, 5.74) is 0.874. The molecular weight excluding hydrogens is 260 g/mol. The van der Waals surface area contributed by atoms with Gasteiger partial charge in [0.15, 0.2) is 10.4 Å². The monoisotopic (exact) mass is 270 g/mol. The van der Waals surface area contributed by atoms with Crippen molar-refractivity contribution < 1.29 is 8.94 Å². The van der Waals surface area contributed by atoms with Crippen molar-refractivity contribution in [2.75, 3.05) is 6.54 Å². The number of nitrogens with zero attached hydrogens (tertiary/aromatic N) is 1. The molecule has 5 heteroatoms. The topological polar surface area (TPSA) is 51.2 Å². The molecule has 0 aromatic carbocycles. The van der Waals surface area contributed by atoms with Crippen LogP contribution in [0.3, 0.4) is 0 Å². The molecule has 0 unspecified atom stereocenters. The number of hydrogen-bond acceptors (Lipinski definition) is 4. The van der Waals surface area contributed by atoms with E-state index in [-0.39, 0.29) is 0 Å². The summed E-state index contributed by atoms with van der Waals surface area (Å²) in [6.07, 6.45) is 0. The van der Waals surface area contributed by atoms with Gasteiger partial charge in [-0.3, -0.25) is 0 Å². The Morgan fingerprint density at radius 1 is 1.40 bits per heavy atom. The molecule has 80 valence electrons. The van der Waals surface area contributed by atoms with Crippen molar-refractivity contribution in [3.63, 3.8) is 0 Å². The van der Waals surface area contributed by atoms with Crippen LogP contribution in [0.1, 0.15) is 12.6 Å². The lowest BCUT2D eigenvalue weighted by molar-refractivity contribution is 0.406. The first-order chi connectivity index (χ1) is 7.29. The average molecular weight is 271 g/mol. The van der Waals surface area contributed by atoms with Gasteiger partial charge in [0.05, 0.1) is 5.69 Å². The minimum absolute atomic E-state index is 0.647. The number of nitrogens with one attached hydrogen (secondary N) is 1. The van der Waals surface area contributed by atoms with E-state index < -0.39 is 0 Å². The van der Waals surface area contributed by atoms with Crippen molar-refractivity contribution in [3.8, 4) is 11.5 Å². The highest BCUT2D eigenvalue weighted by Gasteiger charge is 2.09. The summed E-state index contributed by atoms with van der Waals surface area (Å²) in [5.74, 6) is 1.32. The number of rotatable bonds is 4. The van der Waals surface area contributed by atoms with Crippen molar-refractivity contribution in [2.24, 2.45) is 0 Å². The van der Waals surface area contributed by atoms with Gasteiger partial charge in [-0.15, -0.1) is 0 Å². The molecule has 2 rings (SSSR count). The lowest BCUT2D eigenvalue weighted by Crippen LogP contribution is -2.11. The molecule has 0 radical (unpaired) electrons. The van der Waals surface area contributed by atoms with Crippen molar-refractivity contribution in [3.05, 3.63) is 28.6 Å². The average Bonchev–Trinajstić information content (AvgIpc) is 2.83. The zero-order valence-electron chi connectivity index (χ0n) is 8.29. The Morgan fingerprint density at radius 2 is 2.27 bits per heavy atom. The second-order valence-corrected chi connectivity index (χ2v) is 3.85. The maximum atomic E-state index is 5.35. The molecule has 0 bridgehead atoms. The van der Waals surface area contributed by atoms with Gasteiger partial charge in [-0.1, -0.05) is 12.1 Å². The predicted molar refractivity (Wildman–Crippen MR) is 59.3 cm³/mol. The van der Waals surface area contributed by atoms with Crippen LogP contribution in [0.5, 0.6) is 0 Å². The summed E-state index contributed by atoms with van der Waals surface area (Å²) >= 11 is 3.24. The SMILES string of the molecule is CCNCc1cc(-c2ccc(Br)o2)on1. The highest BCUT2D eigenvalue weighted by atomic mass is 79.9. The van der Waals surface area contributed by atoms with Crippen LogP contribution in [0, 0.1) is 0 Å². The first-order valence-electron chi connectivity index (χ1n) is 4.71. The van der Waals surface area contributed by atoms with Crippen molar-refractivity contribution >= 4 is 15.9 Å². The Balaban J connectivity index is 2.13. The van der Waals surface area contributed by atoms with Gasteiger partial charge in [0.25, 0.3) is 0 Å². The first kappa shape index (κ1) is 10.4. The standard InChI is InChI=1S/C10H11BrN2O2/c1-2-12-6-7-5-9(15-13-7)8-3-4-10(11)14-8/h3-5,12H,2,6H2,1H3. The Morgan fingerprint density at radius 3 is 2.93 bits per heavy atom. The second kappa shape index (κ2) is 4.63. The molecule has 4 nitrogen and oxygen atoms in total. The third-order valence-electron chi connectivity index (χ3n) is 1.93. The van der Waals surface area contributed by atoms with E-state index in [1.807, 2.05) is 25.1 Å². The molecule has 1 N–H and O–H groups in total. The van der Waals surface area contributed by atoms with Crippen molar-refractivity contribution in [2.45, 2.75) is 13.5 Å². The van der Waals surface area contributed by atoms with Gasteiger partial charge in [-0.2, -0.15) is 0 Å². The van der Waals surface area contributed by atoms with E-state index in [0.29, 0.717) is 22.7 Å². The van der Waals surface area contributed by atoms with E-state index in [1.54, 1.807) is 0 Å². The van der Waals surface area contributed by atoms with Crippen LogP contribution in [0.2, 0.25) is 0 Å². The minimum atomic E-state index is 0.647. The number of furan rings is 1. The maximum Gasteiger partial charge on any atom is 0.202 e. The van der Waals surface area contributed by atoms with Crippen LogP contribution in [-0.2, 0) is 6.54 Å². The summed E-state index contributed by atoms with van der Waals surface area (Å²) < 4.78 is 11.2. The van der Waals surface area contributed by atoms with Crippen LogP contribution in [0.4, 0.5) is 0 Å². The van der Waals surface area contributed by atoms with Crippen molar-refractivity contribution in [1.29, 1.82) is 0 Å². The highest BCUT2D eigenvalue weighted by molar-refractivity contribution is 9.10. The van der Waals surface area contributed by atoms with Crippen LogP contribution in [0.25, 0.3) is 11.5 Å². The molecular formula is C10H11BrN2O2. The maximum absolute atomic E-state index is 5.35. The smallest absolute Gasteiger partial charge is 0.202 e. The Bertz CT molecular complexity index is 436. The molecule has 2 aromatic heterocycles. The molecule has 0 amide bonds. The Labute approximate surface area is 95.8 Å². The van der Waals surface area contributed by atoms with Gasteiger partial charge in [0.2, 0.25) is 5.76 Å². The van der Waals surface area contributed by atoms with Crippen LogP contribution in [-0.4, -0.2) is 11.7 Å². The summed E-state index contributed by atoms with van der Waals surface area (Å²) in [6, 6.07) is 5.53. The van der Waals surface area contributed by atoms with Gasteiger partial charge in [0.1, 0.15) is 0 Å². The van der Waals surface area contributed by atoms with E-state index in [1.165, 1.54) is 0 Å². The Kier molecular flexibility index (Phi) is 3.23. The zero-order valence-corrected chi connectivity index (χ0v) is 9.87. The third-order valence-corrected chi connectivity index (χ3v) is 2.36. The Hall–Kier alpha value is -1.07. The summed E-state index contributed by atoms with van der Waals surface area (Å²) in [4.78, 5) is 0. The number of aromatic nitrogens is 1. The lowest BCUT2D eigenvalue weighted by atomic mass is 10.3. The zero-order chi connectivity index (χ0) is 10.7. The molecule has 0 aliphatic heterocycles. The lowest BCUT2D eigenvalue weighted by Gasteiger charge is -1.92. The normalized spacial score (nSPS) is 10.8. The van der Waals surface area contributed by atoms with Crippen LogP contribution >= 0.6 is 15.9 Å². The molecule has 0 fully saturated rings. The fourth-order valence-corrected chi connectivity index (χ4v) is 1.52. The summed E-state index contributed by atoms with van der Waals surface area (Å²) in [5, 5.41) is 7.10. The first-order valence-corrected chi connectivity index (χ1v) is 5.51. The minimum Gasteiger partial charge on any atom is -0.446 e. The highest BCUT2D eigenvalue weighted by Crippen LogP contribution is 2.25. The number of halogens is 1. The molecule has 0 aliphatic carbocycles. The van der Waals surface area contributed by atoms with Gasteiger partial charge < -0.3 is 14.3 Å².